The molecule has 35 heavy (non-hydrogen) atoms. The second-order valence-corrected chi connectivity index (χ2v) is 9.27. The molecule has 8 nitrogen and oxygen atoms in total. The number of amides is 1. The van der Waals surface area contributed by atoms with Crippen molar-refractivity contribution in [1.82, 2.24) is 15.6 Å². The SMILES string of the molecule is CCC(O)(C(=O)O)c1ccc(C(CNC(=O)c2cc3c(s2)CCNC3)Oc2cccnc2)cc1.Cl. The molecule has 3 aromatic rings. The molecule has 1 aliphatic heterocycles. The van der Waals surface area contributed by atoms with Crippen molar-refractivity contribution in [1.29, 1.82) is 0 Å². The smallest absolute Gasteiger partial charge is 0.340 e. The number of halogens is 1. The molecule has 0 spiro atoms. The lowest BCUT2D eigenvalue weighted by atomic mass is 9.90. The molecule has 3 heterocycles. The van der Waals surface area contributed by atoms with Crippen LogP contribution >= 0.6 is 23.7 Å². The standard InChI is InChI=1S/C25H27N3O5S.ClH/c1-2-25(32,24(30)31)18-7-5-16(6-8-18)20(33-19-4-3-10-26-14-19)15-28-23(29)22-12-17-13-27-11-9-21(17)34-22;/h3-8,10,12,14,20,27,32H,2,9,11,13,15H2,1H3,(H,28,29)(H,30,31);1H. The Balaban J connectivity index is 0.00000342. The highest BCUT2D eigenvalue weighted by Crippen LogP contribution is 2.29. The number of aliphatic hydroxyl groups is 1. The number of aromatic nitrogens is 1. The van der Waals surface area contributed by atoms with E-state index in [4.69, 9.17) is 4.74 Å². The lowest BCUT2D eigenvalue weighted by Gasteiger charge is -2.24. The predicted molar refractivity (Wildman–Crippen MR) is 135 cm³/mol. The Morgan fingerprint density at radius 2 is 2.06 bits per heavy atom. The summed E-state index contributed by atoms with van der Waals surface area (Å²) in [7, 11) is 0. The molecule has 0 aliphatic carbocycles. The number of fused-ring (bicyclic) bond motifs is 1. The van der Waals surface area contributed by atoms with Crippen molar-refractivity contribution in [2.75, 3.05) is 13.1 Å². The molecule has 0 fully saturated rings. The highest BCUT2D eigenvalue weighted by molar-refractivity contribution is 7.14. The molecular formula is C25H28ClN3O5S. The van der Waals surface area contributed by atoms with Crippen LogP contribution in [0, 0.1) is 0 Å². The van der Waals surface area contributed by atoms with Gasteiger partial charge in [-0.05, 0) is 47.7 Å². The molecule has 4 rings (SSSR count). The number of carbonyl (C=O) groups is 2. The van der Waals surface area contributed by atoms with Crippen LogP contribution in [0.2, 0.25) is 0 Å². The maximum atomic E-state index is 12.9. The lowest BCUT2D eigenvalue weighted by Crippen LogP contribution is -2.35. The van der Waals surface area contributed by atoms with Crippen molar-refractivity contribution < 1.29 is 24.5 Å². The summed E-state index contributed by atoms with van der Waals surface area (Å²) < 4.78 is 6.10. The molecule has 2 aromatic heterocycles. The quantitative estimate of drug-likeness (QED) is 0.343. The number of nitrogens with one attached hydrogen (secondary N) is 2. The first-order chi connectivity index (χ1) is 16.4. The highest BCUT2D eigenvalue weighted by Gasteiger charge is 2.36. The fourth-order valence-corrected chi connectivity index (χ4v) is 5.00. The maximum Gasteiger partial charge on any atom is 0.340 e. The van der Waals surface area contributed by atoms with Gasteiger partial charge in [0.05, 0.1) is 17.6 Å². The number of rotatable bonds is 9. The molecule has 1 aliphatic rings. The molecule has 1 aromatic carbocycles. The van der Waals surface area contributed by atoms with Gasteiger partial charge in [0.15, 0.2) is 5.60 Å². The number of hydrogen-bond donors (Lipinski definition) is 4. The van der Waals surface area contributed by atoms with Gasteiger partial charge in [-0.2, -0.15) is 0 Å². The average Bonchev–Trinajstić information content (AvgIpc) is 3.31. The number of hydrogen-bond acceptors (Lipinski definition) is 7. The summed E-state index contributed by atoms with van der Waals surface area (Å²) in [5.74, 6) is -0.923. The Morgan fingerprint density at radius 1 is 1.29 bits per heavy atom. The van der Waals surface area contributed by atoms with Gasteiger partial charge in [0.2, 0.25) is 0 Å². The van der Waals surface area contributed by atoms with Crippen LogP contribution < -0.4 is 15.4 Å². The Morgan fingerprint density at radius 3 is 2.69 bits per heavy atom. The van der Waals surface area contributed by atoms with Gasteiger partial charge in [-0.3, -0.25) is 9.78 Å². The van der Waals surface area contributed by atoms with Crippen LogP contribution in [-0.2, 0) is 23.4 Å². The third-order valence-corrected chi connectivity index (χ3v) is 7.19. The normalized spacial score (nSPS) is 15.1. The molecule has 0 saturated heterocycles. The Kier molecular flexibility index (Phi) is 8.85. The van der Waals surface area contributed by atoms with Crippen LogP contribution in [-0.4, -0.2) is 40.2 Å². The number of carbonyl (C=O) groups excluding carboxylic acids is 1. The van der Waals surface area contributed by atoms with Crippen LogP contribution in [0.1, 0.15) is 50.7 Å². The first kappa shape index (κ1) is 26.6. The van der Waals surface area contributed by atoms with Crippen molar-refractivity contribution in [2.24, 2.45) is 0 Å². The number of carboxylic acids is 1. The van der Waals surface area contributed by atoms with Crippen molar-refractivity contribution in [3.05, 3.63) is 81.3 Å². The van der Waals surface area contributed by atoms with Gasteiger partial charge < -0.3 is 25.6 Å². The minimum Gasteiger partial charge on any atom is -0.482 e. The summed E-state index contributed by atoms with van der Waals surface area (Å²) in [4.78, 5) is 30.4. The van der Waals surface area contributed by atoms with Crippen molar-refractivity contribution in [3.8, 4) is 5.75 Å². The van der Waals surface area contributed by atoms with E-state index in [1.54, 1.807) is 55.7 Å². The molecule has 4 N–H and O–H groups in total. The molecule has 0 radical (unpaired) electrons. The summed E-state index contributed by atoms with van der Waals surface area (Å²) in [6, 6.07) is 12.0. The number of thiophene rings is 1. The van der Waals surface area contributed by atoms with Crippen molar-refractivity contribution >= 4 is 35.6 Å². The van der Waals surface area contributed by atoms with Crippen LogP contribution in [0.5, 0.6) is 5.75 Å². The van der Waals surface area contributed by atoms with Gasteiger partial charge in [0.1, 0.15) is 11.9 Å². The summed E-state index contributed by atoms with van der Waals surface area (Å²) in [6.45, 7) is 3.51. The van der Waals surface area contributed by atoms with Crippen LogP contribution in [0.4, 0.5) is 0 Å². The van der Waals surface area contributed by atoms with E-state index in [1.807, 2.05) is 6.07 Å². The number of pyridine rings is 1. The van der Waals surface area contributed by atoms with Gasteiger partial charge in [0, 0.05) is 24.2 Å². The minimum absolute atomic E-state index is 0. The highest BCUT2D eigenvalue weighted by atomic mass is 35.5. The molecule has 0 bridgehead atoms. The Labute approximate surface area is 213 Å². The van der Waals surface area contributed by atoms with Crippen LogP contribution in [0.3, 0.4) is 0 Å². The number of ether oxygens (including phenoxy) is 1. The van der Waals surface area contributed by atoms with E-state index in [0.29, 0.717) is 10.6 Å². The van der Waals surface area contributed by atoms with E-state index in [9.17, 15) is 19.8 Å². The number of aliphatic carboxylic acids is 1. The van der Waals surface area contributed by atoms with Crippen molar-refractivity contribution in [3.63, 3.8) is 0 Å². The Bertz CT molecular complexity index is 1130. The number of nitrogens with zero attached hydrogens (tertiary/aromatic N) is 1. The second-order valence-electron chi connectivity index (χ2n) is 8.13. The van der Waals surface area contributed by atoms with E-state index >= 15 is 0 Å². The fraction of sp³-hybridized carbons (Fsp3) is 0.320. The maximum absolute atomic E-state index is 12.9. The van der Waals surface area contributed by atoms with Crippen LogP contribution in [0.15, 0.2) is 54.9 Å². The molecule has 2 unspecified atom stereocenters. The number of benzene rings is 1. The third-order valence-electron chi connectivity index (χ3n) is 5.95. The minimum atomic E-state index is -1.96. The molecule has 2 atom stereocenters. The van der Waals surface area contributed by atoms with Crippen LogP contribution in [0.25, 0.3) is 0 Å². The second kappa shape index (κ2) is 11.6. The fourth-order valence-electron chi connectivity index (χ4n) is 3.90. The van der Waals surface area contributed by atoms with E-state index in [1.165, 1.54) is 21.8 Å². The monoisotopic (exact) mass is 517 g/mol. The largest absolute Gasteiger partial charge is 0.482 e. The first-order valence-electron chi connectivity index (χ1n) is 11.1. The average molecular weight is 518 g/mol. The summed E-state index contributed by atoms with van der Waals surface area (Å²) in [6.07, 6.45) is 3.64. The topological polar surface area (TPSA) is 121 Å². The van der Waals surface area contributed by atoms with Gasteiger partial charge >= 0.3 is 5.97 Å². The van der Waals surface area contributed by atoms with E-state index in [2.05, 4.69) is 15.6 Å². The lowest BCUT2D eigenvalue weighted by molar-refractivity contribution is -0.160. The Hall–Kier alpha value is -2.98. The number of carboxylic acid groups (broad SMARTS) is 1. The van der Waals surface area contributed by atoms with Gasteiger partial charge in [-0.1, -0.05) is 31.2 Å². The molecular weight excluding hydrogens is 490 g/mol. The zero-order valence-electron chi connectivity index (χ0n) is 19.2. The molecule has 10 heteroatoms. The zero-order chi connectivity index (χ0) is 24.1. The third kappa shape index (κ3) is 5.99. The molecule has 0 saturated carbocycles. The summed E-state index contributed by atoms with van der Waals surface area (Å²) in [5, 5.41) is 26.2. The summed E-state index contributed by atoms with van der Waals surface area (Å²) in [5.41, 5.74) is 0.223. The van der Waals surface area contributed by atoms with Gasteiger partial charge in [-0.25, -0.2) is 4.79 Å². The predicted octanol–water partition coefficient (Wildman–Crippen LogP) is 3.44. The molecule has 1 amide bonds. The molecule has 186 valence electrons. The van der Waals surface area contributed by atoms with Gasteiger partial charge in [0.25, 0.3) is 5.91 Å². The van der Waals surface area contributed by atoms with E-state index in [-0.39, 0.29) is 36.8 Å². The summed E-state index contributed by atoms with van der Waals surface area (Å²) >= 11 is 1.52. The van der Waals surface area contributed by atoms with E-state index < -0.39 is 17.7 Å². The van der Waals surface area contributed by atoms with E-state index in [0.717, 1.165) is 25.1 Å². The van der Waals surface area contributed by atoms with Crippen molar-refractivity contribution in [2.45, 2.75) is 38.0 Å². The first-order valence-corrected chi connectivity index (χ1v) is 12.0. The zero-order valence-corrected chi connectivity index (χ0v) is 20.8. The van der Waals surface area contributed by atoms with Gasteiger partial charge in [-0.15, -0.1) is 23.7 Å².